The molecule has 0 aromatic rings. The summed E-state index contributed by atoms with van der Waals surface area (Å²) in [5.74, 6) is 0. The molecule has 2 nitrogen and oxygen atoms in total. The van der Waals surface area contributed by atoms with E-state index in [0.717, 1.165) is 0 Å². The molecule has 0 bridgehead atoms. The molecule has 0 spiro atoms. The van der Waals surface area contributed by atoms with Crippen molar-refractivity contribution in [2.75, 3.05) is 7.11 Å². The molecule has 1 aliphatic carbocycles. The molecule has 0 aromatic heterocycles. The standard InChI is InChI=1S/C12H25NO/c1-4-10(5-2)13-11-8-6-7-9-12(11)14-3/h10-13H,4-9H2,1-3H3/t11-,12-/m1/s1. The van der Waals surface area contributed by atoms with Crippen molar-refractivity contribution < 1.29 is 4.74 Å². The summed E-state index contributed by atoms with van der Waals surface area (Å²) in [6.07, 6.45) is 8.11. The largest absolute Gasteiger partial charge is 0.380 e. The molecule has 1 fully saturated rings. The smallest absolute Gasteiger partial charge is 0.0724 e. The Morgan fingerprint density at radius 3 is 2.43 bits per heavy atom. The van der Waals surface area contributed by atoms with Gasteiger partial charge in [0.15, 0.2) is 0 Å². The minimum Gasteiger partial charge on any atom is -0.380 e. The van der Waals surface area contributed by atoms with Crippen molar-refractivity contribution in [3.63, 3.8) is 0 Å². The third-order valence-electron chi connectivity index (χ3n) is 3.44. The second kappa shape index (κ2) is 6.41. The SMILES string of the molecule is CCC(CC)N[C@@H]1CCCC[C@H]1OC. The Labute approximate surface area is 88.4 Å². The fourth-order valence-corrected chi connectivity index (χ4v) is 2.40. The van der Waals surface area contributed by atoms with E-state index >= 15 is 0 Å². The maximum atomic E-state index is 5.53. The number of ether oxygens (including phenoxy) is 1. The van der Waals surface area contributed by atoms with Gasteiger partial charge in [-0.25, -0.2) is 0 Å². The van der Waals surface area contributed by atoms with Crippen molar-refractivity contribution >= 4 is 0 Å². The van der Waals surface area contributed by atoms with Crippen molar-refractivity contribution in [2.45, 2.75) is 70.6 Å². The van der Waals surface area contributed by atoms with Gasteiger partial charge in [0.25, 0.3) is 0 Å². The Morgan fingerprint density at radius 1 is 1.21 bits per heavy atom. The van der Waals surface area contributed by atoms with Gasteiger partial charge < -0.3 is 10.1 Å². The molecular weight excluding hydrogens is 174 g/mol. The highest BCUT2D eigenvalue weighted by Crippen LogP contribution is 2.21. The van der Waals surface area contributed by atoms with Crippen LogP contribution in [0.15, 0.2) is 0 Å². The van der Waals surface area contributed by atoms with Crippen LogP contribution >= 0.6 is 0 Å². The van der Waals surface area contributed by atoms with E-state index < -0.39 is 0 Å². The Morgan fingerprint density at radius 2 is 1.86 bits per heavy atom. The molecular formula is C12H25NO. The molecule has 1 saturated carbocycles. The van der Waals surface area contributed by atoms with Gasteiger partial charge in [-0.1, -0.05) is 26.7 Å². The van der Waals surface area contributed by atoms with Crippen LogP contribution in [0.1, 0.15) is 52.4 Å². The number of nitrogens with one attached hydrogen (secondary N) is 1. The Bertz CT molecular complexity index is 145. The molecule has 2 atom stereocenters. The summed E-state index contributed by atoms with van der Waals surface area (Å²) < 4.78 is 5.53. The Balaban J connectivity index is 2.39. The van der Waals surface area contributed by atoms with Gasteiger partial charge in [0.05, 0.1) is 6.10 Å². The zero-order chi connectivity index (χ0) is 10.4. The number of rotatable bonds is 5. The summed E-state index contributed by atoms with van der Waals surface area (Å²) >= 11 is 0. The van der Waals surface area contributed by atoms with Crippen LogP contribution in [0.2, 0.25) is 0 Å². The van der Waals surface area contributed by atoms with Gasteiger partial charge in [0.2, 0.25) is 0 Å². The molecule has 2 heteroatoms. The van der Waals surface area contributed by atoms with Gasteiger partial charge in [-0.15, -0.1) is 0 Å². The topological polar surface area (TPSA) is 21.3 Å². The van der Waals surface area contributed by atoms with Gasteiger partial charge in [-0.05, 0) is 25.7 Å². The first kappa shape index (κ1) is 12.0. The normalized spacial score (nSPS) is 28.3. The summed E-state index contributed by atoms with van der Waals surface area (Å²) in [5.41, 5.74) is 0. The van der Waals surface area contributed by atoms with Crippen LogP contribution in [0.4, 0.5) is 0 Å². The average Bonchev–Trinajstić information content (AvgIpc) is 2.26. The van der Waals surface area contributed by atoms with Crippen LogP contribution in [0, 0.1) is 0 Å². The molecule has 84 valence electrons. The molecule has 14 heavy (non-hydrogen) atoms. The van der Waals surface area contributed by atoms with Crippen LogP contribution in [-0.4, -0.2) is 25.3 Å². The summed E-state index contributed by atoms with van der Waals surface area (Å²) in [7, 11) is 1.84. The van der Waals surface area contributed by atoms with Crippen LogP contribution in [0.5, 0.6) is 0 Å². The third-order valence-corrected chi connectivity index (χ3v) is 3.44. The highest BCUT2D eigenvalue weighted by molar-refractivity contribution is 4.83. The predicted octanol–water partition coefficient (Wildman–Crippen LogP) is 2.72. The molecule has 0 radical (unpaired) electrons. The lowest BCUT2D eigenvalue weighted by atomic mass is 9.91. The number of hydrogen-bond acceptors (Lipinski definition) is 2. The van der Waals surface area contributed by atoms with E-state index in [1.54, 1.807) is 0 Å². The monoisotopic (exact) mass is 199 g/mol. The third kappa shape index (κ3) is 3.25. The summed E-state index contributed by atoms with van der Waals surface area (Å²) in [6.45, 7) is 4.51. The van der Waals surface area contributed by atoms with Crippen LogP contribution in [0.3, 0.4) is 0 Å². The van der Waals surface area contributed by atoms with Crippen LogP contribution in [-0.2, 0) is 4.74 Å². The van der Waals surface area contributed by atoms with Crippen LogP contribution < -0.4 is 5.32 Å². The lowest BCUT2D eigenvalue weighted by Gasteiger charge is -2.33. The fraction of sp³-hybridized carbons (Fsp3) is 1.00. The van der Waals surface area contributed by atoms with Crippen molar-refractivity contribution in [3.8, 4) is 0 Å². The zero-order valence-corrected chi connectivity index (χ0v) is 9.88. The summed E-state index contributed by atoms with van der Waals surface area (Å²) in [6, 6.07) is 1.27. The van der Waals surface area contributed by atoms with Crippen molar-refractivity contribution in [1.82, 2.24) is 5.32 Å². The van der Waals surface area contributed by atoms with E-state index in [-0.39, 0.29) is 0 Å². The lowest BCUT2D eigenvalue weighted by molar-refractivity contribution is 0.0373. The lowest BCUT2D eigenvalue weighted by Crippen LogP contribution is -2.47. The van der Waals surface area contributed by atoms with Crippen LogP contribution in [0.25, 0.3) is 0 Å². The predicted molar refractivity (Wildman–Crippen MR) is 60.6 cm³/mol. The Hall–Kier alpha value is -0.0800. The van der Waals surface area contributed by atoms with Gasteiger partial charge in [-0.3, -0.25) is 0 Å². The van der Waals surface area contributed by atoms with Gasteiger partial charge in [-0.2, -0.15) is 0 Å². The second-order valence-corrected chi connectivity index (χ2v) is 4.35. The summed E-state index contributed by atoms with van der Waals surface area (Å²) in [4.78, 5) is 0. The zero-order valence-electron chi connectivity index (χ0n) is 9.88. The molecule has 1 aliphatic rings. The molecule has 1 rings (SSSR count). The molecule has 0 aliphatic heterocycles. The molecule has 0 amide bonds. The molecule has 0 saturated heterocycles. The molecule has 0 heterocycles. The Kier molecular flexibility index (Phi) is 5.49. The van der Waals surface area contributed by atoms with E-state index in [0.29, 0.717) is 18.2 Å². The quantitative estimate of drug-likeness (QED) is 0.735. The highest BCUT2D eigenvalue weighted by Gasteiger charge is 2.25. The highest BCUT2D eigenvalue weighted by atomic mass is 16.5. The van der Waals surface area contributed by atoms with Gasteiger partial charge in [0.1, 0.15) is 0 Å². The second-order valence-electron chi connectivity index (χ2n) is 4.35. The molecule has 0 unspecified atom stereocenters. The van der Waals surface area contributed by atoms with Gasteiger partial charge >= 0.3 is 0 Å². The minimum absolute atomic E-state index is 0.448. The van der Waals surface area contributed by atoms with E-state index in [1.165, 1.54) is 38.5 Å². The number of methoxy groups -OCH3 is 1. The maximum Gasteiger partial charge on any atom is 0.0724 e. The van der Waals surface area contributed by atoms with Crippen molar-refractivity contribution in [3.05, 3.63) is 0 Å². The van der Waals surface area contributed by atoms with Crippen molar-refractivity contribution in [1.29, 1.82) is 0 Å². The minimum atomic E-state index is 0.448. The first-order valence-corrected chi connectivity index (χ1v) is 6.10. The van der Waals surface area contributed by atoms with E-state index in [9.17, 15) is 0 Å². The van der Waals surface area contributed by atoms with Gasteiger partial charge in [0, 0.05) is 19.2 Å². The van der Waals surface area contributed by atoms with E-state index in [2.05, 4.69) is 19.2 Å². The van der Waals surface area contributed by atoms with Crippen molar-refractivity contribution in [2.24, 2.45) is 0 Å². The van der Waals surface area contributed by atoms with E-state index in [4.69, 9.17) is 4.74 Å². The van der Waals surface area contributed by atoms with E-state index in [1.807, 2.05) is 7.11 Å². The molecule has 1 N–H and O–H groups in total. The average molecular weight is 199 g/mol. The maximum absolute atomic E-state index is 5.53. The fourth-order valence-electron chi connectivity index (χ4n) is 2.40. The number of hydrogen-bond donors (Lipinski definition) is 1. The first-order valence-electron chi connectivity index (χ1n) is 6.10. The summed E-state index contributed by atoms with van der Waals surface area (Å²) in [5, 5.41) is 3.73. The first-order chi connectivity index (χ1) is 6.81. The molecule has 0 aromatic carbocycles.